The van der Waals surface area contributed by atoms with E-state index in [1.165, 1.54) is 25.7 Å². The molecular formula is C16H29BO2. The largest absolute Gasteiger partial charge is 0.461 e. The minimum atomic E-state index is -0.173. The molecule has 0 aromatic heterocycles. The first-order chi connectivity index (χ1) is 8.65. The van der Waals surface area contributed by atoms with Crippen LogP contribution in [-0.4, -0.2) is 18.3 Å². The quantitative estimate of drug-likeness (QED) is 0.657. The second-order valence-corrected chi connectivity index (χ2v) is 8.65. The molecule has 2 saturated carbocycles. The fourth-order valence-corrected chi connectivity index (χ4v) is 4.61. The topological polar surface area (TPSA) is 18.5 Å². The van der Waals surface area contributed by atoms with Crippen LogP contribution in [0.4, 0.5) is 0 Å². The van der Waals surface area contributed by atoms with Gasteiger partial charge in [0.15, 0.2) is 0 Å². The number of hydrogen-bond acceptors (Lipinski definition) is 2. The molecule has 3 heteroatoms. The van der Waals surface area contributed by atoms with Crippen LogP contribution in [0, 0.1) is 17.3 Å². The van der Waals surface area contributed by atoms with Crippen molar-refractivity contribution >= 4 is 7.12 Å². The molecule has 3 rings (SSSR count). The zero-order chi connectivity index (χ0) is 14.1. The summed E-state index contributed by atoms with van der Waals surface area (Å²) < 4.78 is 12.5. The summed E-state index contributed by atoms with van der Waals surface area (Å²) in [5.41, 5.74) is 0.193. The molecule has 2 nitrogen and oxygen atoms in total. The Labute approximate surface area is 118 Å². The van der Waals surface area contributed by atoms with Crippen LogP contribution in [0.5, 0.6) is 0 Å². The van der Waals surface area contributed by atoms with Crippen LogP contribution >= 0.6 is 0 Å². The van der Waals surface area contributed by atoms with Crippen molar-refractivity contribution in [3.8, 4) is 0 Å². The molecule has 2 aliphatic carbocycles. The molecule has 3 atom stereocenters. The maximum absolute atomic E-state index is 6.26. The second kappa shape index (κ2) is 4.01. The molecule has 3 fully saturated rings. The molecule has 1 heterocycles. The molecule has 0 N–H and O–H groups in total. The van der Waals surface area contributed by atoms with Crippen LogP contribution in [0.15, 0.2) is 0 Å². The van der Waals surface area contributed by atoms with E-state index in [4.69, 9.17) is 9.31 Å². The summed E-state index contributed by atoms with van der Waals surface area (Å²) in [6, 6.07) is 0. The normalized spacial score (nSPS) is 47.7. The Kier molecular flexibility index (Phi) is 2.94. The minimum absolute atomic E-state index is 0.0301. The van der Waals surface area contributed by atoms with E-state index >= 15 is 0 Å². The van der Waals surface area contributed by atoms with Crippen molar-refractivity contribution in [1.82, 2.24) is 0 Å². The van der Waals surface area contributed by atoms with E-state index in [1.54, 1.807) is 0 Å². The average Bonchev–Trinajstić information content (AvgIpc) is 2.80. The minimum Gasteiger partial charge on any atom is -0.403 e. The Morgan fingerprint density at radius 3 is 1.79 bits per heavy atom. The van der Waals surface area contributed by atoms with E-state index in [9.17, 15) is 0 Å². The Bertz CT molecular complexity index is 351. The third-order valence-electron chi connectivity index (χ3n) is 6.17. The summed E-state index contributed by atoms with van der Waals surface area (Å²) >= 11 is 0. The monoisotopic (exact) mass is 264 g/mol. The van der Waals surface area contributed by atoms with Gasteiger partial charge in [-0.25, -0.2) is 0 Å². The molecule has 0 amide bonds. The molecule has 1 aliphatic heterocycles. The van der Waals surface area contributed by atoms with Crippen molar-refractivity contribution in [2.45, 2.75) is 84.2 Å². The molecule has 3 unspecified atom stereocenters. The van der Waals surface area contributed by atoms with Crippen molar-refractivity contribution in [1.29, 1.82) is 0 Å². The van der Waals surface area contributed by atoms with E-state index in [-0.39, 0.29) is 18.3 Å². The van der Waals surface area contributed by atoms with Gasteiger partial charge in [-0.2, -0.15) is 0 Å². The Hall–Kier alpha value is -0.0151. The Morgan fingerprint density at radius 1 is 0.842 bits per heavy atom. The van der Waals surface area contributed by atoms with Gasteiger partial charge in [0.2, 0.25) is 0 Å². The van der Waals surface area contributed by atoms with Gasteiger partial charge in [-0.15, -0.1) is 0 Å². The Morgan fingerprint density at radius 2 is 1.32 bits per heavy atom. The van der Waals surface area contributed by atoms with Crippen LogP contribution in [0.1, 0.15) is 67.2 Å². The molecule has 108 valence electrons. The molecule has 0 aromatic rings. The summed E-state index contributed by atoms with van der Waals surface area (Å²) in [5, 5.41) is 0. The molecule has 0 radical (unpaired) electrons. The third-order valence-corrected chi connectivity index (χ3v) is 6.17. The van der Waals surface area contributed by atoms with Gasteiger partial charge < -0.3 is 9.31 Å². The lowest BCUT2D eigenvalue weighted by Gasteiger charge is -2.33. The maximum atomic E-state index is 6.26. The van der Waals surface area contributed by atoms with Crippen molar-refractivity contribution in [3.63, 3.8) is 0 Å². The van der Waals surface area contributed by atoms with E-state index < -0.39 is 0 Å². The fourth-order valence-electron chi connectivity index (χ4n) is 4.61. The highest BCUT2D eigenvalue weighted by Crippen LogP contribution is 2.70. The van der Waals surface area contributed by atoms with Gasteiger partial charge in [0.05, 0.1) is 11.2 Å². The highest BCUT2D eigenvalue weighted by atomic mass is 16.7. The molecule has 3 aliphatic rings. The van der Waals surface area contributed by atoms with Crippen LogP contribution in [0.3, 0.4) is 0 Å². The molecule has 19 heavy (non-hydrogen) atoms. The summed E-state index contributed by atoms with van der Waals surface area (Å²) in [6.07, 6.45) is 5.48. The van der Waals surface area contributed by atoms with E-state index in [2.05, 4.69) is 41.5 Å². The first-order valence-electron chi connectivity index (χ1n) is 8.01. The Balaban J connectivity index is 1.71. The van der Waals surface area contributed by atoms with Gasteiger partial charge >= 0.3 is 7.12 Å². The second-order valence-electron chi connectivity index (χ2n) is 8.65. The van der Waals surface area contributed by atoms with Crippen LogP contribution in [-0.2, 0) is 9.31 Å². The number of hydrogen-bond donors (Lipinski definition) is 0. The first-order valence-corrected chi connectivity index (χ1v) is 8.01. The molecule has 1 saturated heterocycles. The van der Waals surface area contributed by atoms with Crippen LogP contribution in [0.25, 0.3) is 0 Å². The van der Waals surface area contributed by atoms with Crippen LogP contribution in [0.2, 0.25) is 5.82 Å². The summed E-state index contributed by atoms with van der Waals surface area (Å²) in [7, 11) is 0.0301. The zero-order valence-corrected chi connectivity index (χ0v) is 13.5. The van der Waals surface area contributed by atoms with Gasteiger partial charge in [0, 0.05) is 5.82 Å². The predicted octanol–water partition coefficient (Wildman–Crippen LogP) is 4.30. The molecular weight excluding hydrogens is 235 g/mol. The highest BCUT2D eigenvalue weighted by molar-refractivity contribution is 6.49. The predicted molar refractivity (Wildman–Crippen MR) is 79.1 cm³/mol. The van der Waals surface area contributed by atoms with Crippen molar-refractivity contribution in [2.75, 3.05) is 0 Å². The lowest BCUT2D eigenvalue weighted by molar-refractivity contribution is 0.00578. The summed E-state index contributed by atoms with van der Waals surface area (Å²) in [6.45, 7) is 13.5. The van der Waals surface area contributed by atoms with Gasteiger partial charge in [-0.3, -0.25) is 0 Å². The van der Waals surface area contributed by atoms with Crippen LogP contribution < -0.4 is 0 Å². The smallest absolute Gasteiger partial charge is 0.403 e. The highest BCUT2D eigenvalue weighted by Gasteiger charge is 2.67. The summed E-state index contributed by atoms with van der Waals surface area (Å²) in [5.74, 6) is 2.38. The van der Waals surface area contributed by atoms with E-state index in [0.717, 1.165) is 11.8 Å². The first kappa shape index (κ1) is 13.9. The van der Waals surface area contributed by atoms with Gasteiger partial charge in [-0.05, 0) is 70.6 Å². The molecule has 0 bridgehead atoms. The van der Waals surface area contributed by atoms with Crippen molar-refractivity contribution in [3.05, 3.63) is 0 Å². The number of rotatable bonds is 1. The fraction of sp³-hybridized carbons (Fsp3) is 1.00. The summed E-state index contributed by atoms with van der Waals surface area (Å²) in [4.78, 5) is 0. The van der Waals surface area contributed by atoms with E-state index in [1.807, 2.05) is 0 Å². The van der Waals surface area contributed by atoms with E-state index in [0.29, 0.717) is 11.2 Å². The molecule has 1 spiro atoms. The lowest BCUT2D eigenvalue weighted by Crippen LogP contribution is -2.41. The SMILES string of the molecule is CC1CC(C)CC2(C1)CC2B1OC(C)(C)C(C)(C)O1. The maximum Gasteiger partial charge on any atom is 0.461 e. The van der Waals surface area contributed by atoms with Gasteiger partial charge in [0.1, 0.15) is 0 Å². The lowest BCUT2D eigenvalue weighted by atomic mass is 9.67. The van der Waals surface area contributed by atoms with Gasteiger partial charge in [-0.1, -0.05) is 13.8 Å². The van der Waals surface area contributed by atoms with Crippen molar-refractivity contribution in [2.24, 2.45) is 17.3 Å². The zero-order valence-electron chi connectivity index (χ0n) is 13.5. The standard InChI is InChI=1S/C16H29BO2/c1-11-7-12(2)9-16(8-11)10-13(16)17-18-14(3,4)15(5,6)19-17/h11-13H,7-10H2,1-6H3. The average molecular weight is 264 g/mol. The third kappa shape index (κ3) is 2.17. The van der Waals surface area contributed by atoms with Gasteiger partial charge in [0.25, 0.3) is 0 Å². The van der Waals surface area contributed by atoms with Crippen molar-refractivity contribution < 1.29 is 9.31 Å². The molecule has 0 aromatic carbocycles.